The highest BCUT2D eigenvalue weighted by atomic mass is 19.1. The van der Waals surface area contributed by atoms with Gasteiger partial charge in [0.1, 0.15) is 17.0 Å². The number of nitrogens with zero attached hydrogens (tertiary/aromatic N) is 1. The lowest BCUT2D eigenvalue weighted by molar-refractivity contribution is 0.0498. The maximum absolute atomic E-state index is 14.2. The predicted molar refractivity (Wildman–Crippen MR) is 148 cm³/mol. The third-order valence-electron chi connectivity index (χ3n) is 7.34. The van der Waals surface area contributed by atoms with Crippen LogP contribution in [0.15, 0.2) is 46.9 Å². The van der Waals surface area contributed by atoms with Crippen LogP contribution in [0.1, 0.15) is 75.9 Å². The Labute approximate surface area is 228 Å². The van der Waals surface area contributed by atoms with Crippen molar-refractivity contribution >= 4 is 23.0 Å². The topological polar surface area (TPSA) is 81.0 Å². The van der Waals surface area contributed by atoms with Crippen molar-refractivity contribution in [2.24, 2.45) is 0 Å². The molecule has 0 unspecified atom stereocenters. The van der Waals surface area contributed by atoms with Crippen LogP contribution in [0.5, 0.6) is 5.75 Å². The fourth-order valence-corrected chi connectivity index (χ4v) is 4.82. The molecule has 1 aromatic heterocycles. The molecule has 0 spiro atoms. The summed E-state index contributed by atoms with van der Waals surface area (Å²) in [5.41, 5.74) is 1.33. The third-order valence-corrected chi connectivity index (χ3v) is 7.34. The quantitative estimate of drug-likeness (QED) is 0.366. The minimum Gasteiger partial charge on any atom is -0.486 e. The summed E-state index contributed by atoms with van der Waals surface area (Å²) in [5, 5.41) is 3.61. The molecule has 39 heavy (non-hydrogen) atoms. The van der Waals surface area contributed by atoms with E-state index < -0.39 is 17.4 Å². The number of rotatable bonds is 6. The molecule has 1 aliphatic carbocycles. The molecular formula is C31H37FN2O5. The number of alkyl halides is 1. The molecule has 1 N–H and O–H groups in total. The van der Waals surface area contributed by atoms with Crippen molar-refractivity contribution in [1.29, 1.82) is 0 Å². The summed E-state index contributed by atoms with van der Waals surface area (Å²) in [5.74, 6) is 1.19. The second-order valence-corrected chi connectivity index (χ2v) is 11.9. The van der Waals surface area contributed by atoms with E-state index in [1.54, 1.807) is 11.8 Å². The van der Waals surface area contributed by atoms with E-state index in [1.165, 1.54) is 0 Å². The van der Waals surface area contributed by atoms with Gasteiger partial charge < -0.3 is 24.1 Å². The van der Waals surface area contributed by atoms with Gasteiger partial charge >= 0.3 is 6.09 Å². The minimum absolute atomic E-state index is 0.0709. The number of carbonyl (C=O) groups is 2. The van der Waals surface area contributed by atoms with Crippen LogP contribution >= 0.6 is 0 Å². The Hall–Kier alpha value is -3.55. The Kier molecular flexibility index (Phi) is 7.31. The van der Waals surface area contributed by atoms with E-state index >= 15 is 0 Å². The van der Waals surface area contributed by atoms with Crippen LogP contribution in [0.3, 0.4) is 0 Å². The number of likely N-dealkylation sites (tertiary alicyclic amines) is 1. The van der Waals surface area contributed by atoms with Crippen molar-refractivity contribution in [1.82, 2.24) is 10.2 Å². The monoisotopic (exact) mass is 536 g/mol. The number of nitrogens with one attached hydrogen (secondary N) is 1. The van der Waals surface area contributed by atoms with Crippen molar-refractivity contribution in [2.45, 2.75) is 83.7 Å². The molecule has 0 radical (unpaired) electrons. The highest BCUT2D eigenvalue weighted by molar-refractivity contribution is 5.95. The highest BCUT2D eigenvalue weighted by Gasteiger charge is 2.31. The first-order chi connectivity index (χ1) is 18.5. The van der Waals surface area contributed by atoms with Crippen LogP contribution in [0.25, 0.3) is 22.1 Å². The summed E-state index contributed by atoms with van der Waals surface area (Å²) < 4.78 is 31.9. The Balaban J connectivity index is 1.36. The van der Waals surface area contributed by atoms with Gasteiger partial charge in [-0.25, -0.2) is 9.18 Å². The van der Waals surface area contributed by atoms with Gasteiger partial charge in [0.15, 0.2) is 11.3 Å². The summed E-state index contributed by atoms with van der Waals surface area (Å²) in [4.78, 5) is 26.8. The number of ether oxygens (including phenoxy) is 2. The highest BCUT2D eigenvalue weighted by Crippen LogP contribution is 2.37. The van der Waals surface area contributed by atoms with Gasteiger partial charge in [-0.3, -0.25) is 4.79 Å². The van der Waals surface area contributed by atoms with E-state index in [4.69, 9.17) is 13.9 Å². The van der Waals surface area contributed by atoms with Crippen LogP contribution < -0.4 is 10.1 Å². The van der Waals surface area contributed by atoms with E-state index in [2.05, 4.69) is 5.32 Å². The average Bonchev–Trinajstić information content (AvgIpc) is 3.27. The third kappa shape index (κ3) is 6.54. The van der Waals surface area contributed by atoms with Gasteiger partial charge in [0.25, 0.3) is 5.91 Å². The number of hydrogen-bond acceptors (Lipinski definition) is 5. The molecule has 2 heterocycles. The molecule has 5 rings (SSSR count). The summed E-state index contributed by atoms with van der Waals surface area (Å²) in [6, 6.07) is 13.4. The lowest BCUT2D eigenvalue weighted by atomic mass is 9.95. The van der Waals surface area contributed by atoms with E-state index in [-0.39, 0.29) is 18.6 Å². The Bertz CT molecular complexity index is 1340. The predicted octanol–water partition coefficient (Wildman–Crippen LogP) is 7.02. The zero-order chi connectivity index (χ0) is 27.8. The molecule has 2 aromatic carbocycles. The fourth-order valence-electron chi connectivity index (χ4n) is 4.82. The second kappa shape index (κ2) is 10.5. The normalized spacial score (nSPS) is 17.5. The molecule has 8 heteroatoms. The molecule has 2 aliphatic rings. The lowest BCUT2D eigenvalue weighted by Crippen LogP contribution is -2.43. The molecular weight excluding hydrogens is 499 g/mol. The number of carbonyl (C=O) groups excluding carboxylic acids is 2. The molecule has 2 amide bonds. The first-order valence-electron chi connectivity index (χ1n) is 13.7. The maximum Gasteiger partial charge on any atom is 0.408 e. The van der Waals surface area contributed by atoms with Crippen LogP contribution in [0.4, 0.5) is 9.18 Å². The first kappa shape index (κ1) is 27.0. The molecule has 1 saturated carbocycles. The largest absolute Gasteiger partial charge is 0.486 e. The SMILES string of the molecule is CC1(F)CCN(C(=O)c2ccc(-c3cc(OC4CCC4)c4oc(CNC(=O)OC(C)(C)C)cc4c3)cc2)CC1. The molecule has 1 saturated heterocycles. The summed E-state index contributed by atoms with van der Waals surface area (Å²) in [6.45, 7) is 8.10. The summed E-state index contributed by atoms with van der Waals surface area (Å²) in [6.07, 6.45) is 3.54. The van der Waals surface area contributed by atoms with E-state index in [0.717, 1.165) is 35.8 Å². The van der Waals surface area contributed by atoms with Crippen LogP contribution in [0.2, 0.25) is 0 Å². The van der Waals surface area contributed by atoms with Gasteiger partial charge in [-0.2, -0.15) is 0 Å². The van der Waals surface area contributed by atoms with Crippen molar-refractivity contribution in [3.8, 4) is 16.9 Å². The van der Waals surface area contributed by atoms with Gasteiger partial charge in [0.05, 0.1) is 12.6 Å². The molecule has 2 fully saturated rings. The number of hydrogen-bond donors (Lipinski definition) is 1. The van der Waals surface area contributed by atoms with E-state index in [0.29, 0.717) is 48.6 Å². The summed E-state index contributed by atoms with van der Waals surface area (Å²) in [7, 11) is 0. The molecule has 1 aliphatic heterocycles. The smallest absolute Gasteiger partial charge is 0.408 e. The number of fused-ring (bicyclic) bond motifs is 1. The Morgan fingerprint density at radius 1 is 1.08 bits per heavy atom. The van der Waals surface area contributed by atoms with Gasteiger partial charge in [-0.05, 0) is 101 Å². The van der Waals surface area contributed by atoms with E-state index in [9.17, 15) is 14.0 Å². The van der Waals surface area contributed by atoms with Crippen molar-refractivity contribution < 1.29 is 27.9 Å². The van der Waals surface area contributed by atoms with Crippen LogP contribution in [-0.4, -0.2) is 47.4 Å². The van der Waals surface area contributed by atoms with Gasteiger partial charge in [0, 0.05) is 24.0 Å². The van der Waals surface area contributed by atoms with Gasteiger partial charge in [0.2, 0.25) is 0 Å². The molecule has 3 aromatic rings. The molecule has 208 valence electrons. The number of piperidine rings is 1. The second-order valence-electron chi connectivity index (χ2n) is 11.9. The molecule has 0 bridgehead atoms. The van der Waals surface area contributed by atoms with Gasteiger partial charge in [-0.1, -0.05) is 12.1 Å². The zero-order valence-electron chi connectivity index (χ0n) is 23.1. The van der Waals surface area contributed by atoms with Crippen molar-refractivity contribution in [3.05, 3.63) is 53.8 Å². The summed E-state index contributed by atoms with van der Waals surface area (Å²) >= 11 is 0. The Morgan fingerprint density at radius 2 is 1.77 bits per heavy atom. The number of furan rings is 1. The van der Waals surface area contributed by atoms with Crippen LogP contribution in [-0.2, 0) is 11.3 Å². The fraction of sp³-hybridized carbons (Fsp3) is 0.484. The standard InChI is InChI=1S/C31H37FN2O5/c1-30(2,3)39-29(36)33-19-25-17-23-16-22(18-26(27(23)38-25)37-24-6-5-7-24)20-8-10-21(11-9-20)28(35)34-14-12-31(4,32)13-15-34/h8-11,16-18,24H,5-7,12-15,19H2,1-4H3,(H,33,36). The average molecular weight is 537 g/mol. The van der Waals surface area contributed by atoms with Gasteiger partial charge in [-0.15, -0.1) is 0 Å². The first-order valence-corrected chi connectivity index (χ1v) is 13.7. The van der Waals surface area contributed by atoms with Crippen molar-refractivity contribution in [3.63, 3.8) is 0 Å². The van der Waals surface area contributed by atoms with E-state index in [1.807, 2.05) is 63.2 Å². The molecule has 0 atom stereocenters. The molecule has 7 nitrogen and oxygen atoms in total. The number of amides is 2. The van der Waals surface area contributed by atoms with Crippen LogP contribution in [0, 0.1) is 0 Å². The van der Waals surface area contributed by atoms with Crippen molar-refractivity contribution in [2.75, 3.05) is 13.1 Å². The maximum atomic E-state index is 14.2. The zero-order valence-corrected chi connectivity index (χ0v) is 23.1. The number of benzene rings is 2. The lowest BCUT2D eigenvalue weighted by Gasteiger charge is -2.34. The number of alkyl carbamates (subject to hydrolysis) is 1. The number of halogens is 1. The minimum atomic E-state index is -1.20. The Morgan fingerprint density at radius 3 is 2.38 bits per heavy atom.